The molecule has 0 radical (unpaired) electrons. The van der Waals surface area contributed by atoms with E-state index in [1.165, 1.54) is 5.56 Å². The van der Waals surface area contributed by atoms with Crippen LogP contribution < -0.4 is 5.32 Å². The number of rotatable bonds is 2. The topological polar surface area (TPSA) is 32.3 Å². The molecular formula is C13H18BrNO. The van der Waals surface area contributed by atoms with Crippen molar-refractivity contribution in [1.29, 1.82) is 0 Å². The lowest BCUT2D eigenvalue weighted by Gasteiger charge is -2.50. The third-order valence-corrected chi connectivity index (χ3v) is 4.33. The first-order valence-corrected chi connectivity index (χ1v) is 6.41. The lowest BCUT2D eigenvalue weighted by atomic mass is 9.64. The second-order valence-electron chi connectivity index (χ2n) is 5.25. The van der Waals surface area contributed by atoms with Crippen molar-refractivity contribution in [2.24, 2.45) is 5.41 Å². The highest BCUT2D eigenvalue weighted by Gasteiger charge is 2.47. The molecule has 88 valence electrons. The molecule has 0 saturated heterocycles. The summed E-state index contributed by atoms with van der Waals surface area (Å²) in [5.41, 5.74) is 2.31. The van der Waals surface area contributed by atoms with Crippen LogP contribution in [0.3, 0.4) is 0 Å². The Morgan fingerprint density at radius 2 is 2.12 bits per heavy atom. The van der Waals surface area contributed by atoms with E-state index in [0.29, 0.717) is 6.04 Å². The van der Waals surface area contributed by atoms with Gasteiger partial charge in [-0.25, -0.2) is 0 Å². The zero-order valence-corrected chi connectivity index (χ0v) is 11.5. The zero-order chi connectivity index (χ0) is 11.9. The van der Waals surface area contributed by atoms with E-state index in [0.717, 1.165) is 16.6 Å². The van der Waals surface area contributed by atoms with E-state index >= 15 is 0 Å². The second-order valence-corrected chi connectivity index (χ2v) is 6.11. The molecule has 2 nitrogen and oxygen atoms in total. The maximum Gasteiger partial charge on any atom is 0.0630 e. The van der Waals surface area contributed by atoms with Gasteiger partial charge in [-0.2, -0.15) is 0 Å². The smallest absolute Gasteiger partial charge is 0.0630 e. The van der Waals surface area contributed by atoms with Gasteiger partial charge in [0, 0.05) is 21.6 Å². The summed E-state index contributed by atoms with van der Waals surface area (Å²) in [4.78, 5) is 0. The minimum absolute atomic E-state index is 0.0374. The summed E-state index contributed by atoms with van der Waals surface area (Å²) < 4.78 is 1.09. The number of aliphatic hydroxyl groups excluding tert-OH is 1. The van der Waals surface area contributed by atoms with Crippen molar-refractivity contribution in [3.63, 3.8) is 0 Å². The predicted octanol–water partition coefficient (Wildman–Crippen LogP) is 3.33. The van der Waals surface area contributed by atoms with Crippen molar-refractivity contribution in [1.82, 2.24) is 0 Å². The Labute approximate surface area is 105 Å². The van der Waals surface area contributed by atoms with Crippen molar-refractivity contribution in [2.45, 2.75) is 39.3 Å². The van der Waals surface area contributed by atoms with Gasteiger partial charge in [-0.15, -0.1) is 0 Å². The highest BCUT2D eigenvalue weighted by Crippen LogP contribution is 2.43. The molecule has 2 rings (SSSR count). The maximum atomic E-state index is 9.69. The molecule has 0 amide bonds. The molecule has 2 N–H and O–H groups in total. The average molecular weight is 284 g/mol. The summed E-state index contributed by atoms with van der Waals surface area (Å²) >= 11 is 3.56. The van der Waals surface area contributed by atoms with Gasteiger partial charge in [0.15, 0.2) is 0 Å². The SMILES string of the molecule is Cc1ccc(NC2CC(O)C2(C)C)c(Br)c1. The molecule has 2 unspecified atom stereocenters. The van der Waals surface area contributed by atoms with Crippen molar-refractivity contribution in [3.8, 4) is 0 Å². The van der Waals surface area contributed by atoms with E-state index in [9.17, 15) is 5.11 Å². The summed E-state index contributed by atoms with van der Waals surface area (Å²) in [5, 5.41) is 13.2. The zero-order valence-electron chi connectivity index (χ0n) is 9.92. The molecule has 0 heterocycles. The number of benzene rings is 1. The van der Waals surface area contributed by atoms with Crippen molar-refractivity contribution >= 4 is 21.6 Å². The number of nitrogens with one attached hydrogen (secondary N) is 1. The lowest BCUT2D eigenvalue weighted by Crippen LogP contribution is -2.56. The monoisotopic (exact) mass is 283 g/mol. The van der Waals surface area contributed by atoms with Gasteiger partial charge >= 0.3 is 0 Å². The molecule has 1 saturated carbocycles. The molecule has 2 atom stereocenters. The van der Waals surface area contributed by atoms with Crippen LogP contribution in [0.2, 0.25) is 0 Å². The Balaban J connectivity index is 2.11. The summed E-state index contributed by atoms with van der Waals surface area (Å²) in [6.45, 7) is 6.27. The Morgan fingerprint density at radius 1 is 1.44 bits per heavy atom. The molecule has 1 fully saturated rings. The number of aliphatic hydroxyl groups is 1. The molecule has 16 heavy (non-hydrogen) atoms. The van der Waals surface area contributed by atoms with Crippen molar-refractivity contribution < 1.29 is 5.11 Å². The van der Waals surface area contributed by atoms with Crippen LogP contribution in [0.5, 0.6) is 0 Å². The molecule has 0 aromatic heterocycles. The van der Waals surface area contributed by atoms with Crippen LogP contribution in [0.1, 0.15) is 25.8 Å². The molecule has 0 bridgehead atoms. The fraction of sp³-hybridized carbons (Fsp3) is 0.538. The summed E-state index contributed by atoms with van der Waals surface area (Å²) in [7, 11) is 0. The van der Waals surface area contributed by atoms with Crippen LogP contribution in [-0.2, 0) is 0 Å². The van der Waals surface area contributed by atoms with Crippen LogP contribution in [0.25, 0.3) is 0 Å². The van der Waals surface area contributed by atoms with Crippen LogP contribution in [0.15, 0.2) is 22.7 Å². The number of hydrogen-bond donors (Lipinski definition) is 2. The van der Waals surface area contributed by atoms with Gasteiger partial charge in [-0.1, -0.05) is 19.9 Å². The average Bonchev–Trinajstić information content (AvgIpc) is 2.21. The summed E-state index contributed by atoms with van der Waals surface area (Å²) in [5.74, 6) is 0. The Bertz CT molecular complexity index is 403. The Kier molecular flexibility index (Phi) is 3.01. The molecule has 1 aliphatic carbocycles. The van der Waals surface area contributed by atoms with Gasteiger partial charge in [0.1, 0.15) is 0 Å². The highest BCUT2D eigenvalue weighted by atomic mass is 79.9. The van der Waals surface area contributed by atoms with Gasteiger partial charge in [0.05, 0.1) is 6.10 Å². The molecular weight excluding hydrogens is 266 g/mol. The maximum absolute atomic E-state index is 9.69. The number of halogens is 1. The molecule has 0 spiro atoms. The third kappa shape index (κ3) is 1.98. The molecule has 1 aliphatic rings. The van der Waals surface area contributed by atoms with Gasteiger partial charge in [-0.05, 0) is 47.0 Å². The first-order chi connectivity index (χ1) is 7.41. The molecule has 0 aliphatic heterocycles. The molecule has 3 heteroatoms. The highest BCUT2D eigenvalue weighted by molar-refractivity contribution is 9.10. The molecule has 1 aromatic carbocycles. The molecule has 1 aromatic rings. The van der Waals surface area contributed by atoms with E-state index in [1.54, 1.807) is 0 Å². The number of aryl methyl sites for hydroxylation is 1. The number of anilines is 1. The quantitative estimate of drug-likeness (QED) is 0.873. The van der Waals surface area contributed by atoms with Crippen molar-refractivity contribution in [2.75, 3.05) is 5.32 Å². The summed E-state index contributed by atoms with van der Waals surface area (Å²) in [6.07, 6.45) is 0.641. The predicted molar refractivity (Wildman–Crippen MR) is 70.7 cm³/mol. The van der Waals surface area contributed by atoms with Crippen LogP contribution in [0.4, 0.5) is 5.69 Å². The number of hydrogen-bond acceptors (Lipinski definition) is 2. The minimum atomic E-state index is -0.186. The van der Waals surface area contributed by atoms with E-state index in [-0.39, 0.29) is 11.5 Å². The summed E-state index contributed by atoms with van der Waals surface area (Å²) in [6, 6.07) is 6.63. The first-order valence-electron chi connectivity index (χ1n) is 5.62. The van der Waals surface area contributed by atoms with Gasteiger partial charge in [0.25, 0.3) is 0 Å². The van der Waals surface area contributed by atoms with Crippen LogP contribution in [0, 0.1) is 12.3 Å². The fourth-order valence-electron chi connectivity index (χ4n) is 2.07. The second kappa shape index (κ2) is 4.04. The van der Waals surface area contributed by atoms with Crippen molar-refractivity contribution in [3.05, 3.63) is 28.2 Å². The van der Waals surface area contributed by atoms with E-state index in [2.05, 4.69) is 60.2 Å². The van der Waals surface area contributed by atoms with Gasteiger partial charge in [-0.3, -0.25) is 0 Å². The van der Waals surface area contributed by atoms with Crippen LogP contribution in [-0.4, -0.2) is 17.3 Å². The Morgan fingerprint density at radius 3 is 2.62 bits per heavy atom. The fourth-order valence-corrected chi connectivity index (χ4v) is 2.68. The van der Waals surface area contributed by atoms with Crippen LogP contribution >= 0.6 is 15.9 Å². The Hall–Kier alpha value is -0.540. The van der Waals surface area contributed by atoms with E-state index in [4.69, 9.17) is 0 Å². The normalized spacial score (nSPS) is 27.3. The van der Waals surface area contributed by atoms with E-state index < -0.39 is 0 Å². The van der Waals surface area contributed by atoms with Gasteiger partial charge in [0.2, 0.25) is 0 Å². The van der Waals surface area contributed by atoms with E-state index in [1.807, 2.05) is 0 Å². The third-order valence-electron chi connectivity index (χ3n) is 3.67. The van der Waals surface area contributed by atoms with Gasteiger partial charge < -0.3 is 10.4 Å². The lowest BCUT2D eigenvalue weighted by molar-refractivity contribution is -0.0510. The minimum Gasteiger partial charge on any atom is -0.392 e. The standard InChI is InChI=1S/C13H18BrNO/c1-8-4-5-10(9(14)6-8)15-11-7-12(16)13(11,2)3/h4-6,11-12,15-16H,7H2,1-3H3. The largest absolute Gasteiger partial charge is 0.392 e. The first kappa shape index (κ1) is 11.9.